The van der Waals surface area contributed by atoms with Crippen LogP contribution in [0, 0.1) is 3.57 Å². The molecule has 0 spiro atoms. The zero-order chi connectivity index (χ0) is 13.9. The molecule has 2 aromatic rings. The van der Waals surface area contributed by atoms with Crippen LogP contribution in [-0.2, 0) is 6.54 Å². The minimum atomic E-state index is -4.11. The summed E-state index contributed by atoms with van der Waals surface area (Å²) >= 11 is 2.19. The highest BCUT2D eigenvalue weighted by atomic mass is 127. The molecule has 0 fully saturated rings. The normalized spacial score (nSPS) is 11.8. The molecule has 1 heterocycles. The molecule has 0 aliphatic heterocycles. The molecule has 1 aromatic heterocycles. The van der Waals surface area contributed by atoms with Gasteiger partial charge in [-0.2, -0.15) is 18.3 Å². The van der Waals surface area contributed by atoms with E-state index in [1.165, 1.54) is 11.0 Å². The second-order valence-corrected chi connectivity index (χ2v) is 5.30. The van der Waals surface area contributed by atoms with Crippen LogP contribution in [-0.4, -0.2) is 20.9 Å². The van der Waals surface area contributed by atoms with Crippen LogP contribution in [0.3, 0.4) is 0 Å². The molecular weight excluding hydrogens is 370 g/mol. The fourth-order valence-electron chi connectivity index (χ4n) is 1.58. The van der Waals surface area contributed by atoms with Gasteiger partial charge in [0.1, 0.15) is 6.33 Å². The first-order valence-corrected chi connectivity index (χ1v) is 6.74. The van der Waals surface area contributed by atoms with Crippen molar-refractivity contribution in [2.75, 3.05) is 0 Å². The van der Waals surface area contributed by atoms with Gasteiger partial charge < -0.3 is 0 Å². The van der Waals surface area contributed by atoms with Gasteiger partial charge in [-0.1, -0.05) is 12.1 Å². The van der Waals surface area contributed by atoms with E-state index >= 15 is 0 Å². The van der Waals surface area contributed by atoms with Gasteiger partial charge in [0.15, 0.2) is 5.82 Å². The minimum Gasteiger partial charge on any atom is -0.252 e. The van der Waals surface area contributed by atoms with Crippen LogP contribution in [0.4, 0.5) is 13.2 Å². The molecule has 0 saturated heterocycles. The van der Waals surface area contributed by atoms with Gasteiger partial charge in [-0.05, 0) is 41.1 Å². The largest absolute Gasteiger partial charge is 0.389 e. The summed E-state index contributed by atoms with van der Waals surface area (Å²) in [5, 5.41) is 4.17. The Hall–Kier alpha value is -1.12. The Bertz CT molecular complexity index is 534. The molecule has 7 heteroatoms. The molecule has 0 N–H and O–H groups in total. The van der Waals surface area contributed by atoms with Crippen LogP contribution in [0.5, 0.6) is 0 Å². The lowest BCUT2D eigenvalue weighted by Crippen LogP contribution is -2.09. The van der Waals surface area contributed by atoms with Crippen LogP contribution >= 0.6 is 22.6 Å². The Morgan fingerprint density at radius 2 is 1.84 bits per heavy atom. The van der Waals surface area contributed by atoms with Crippen LogP contribution in [0.2, 0.25) is 0 Å². The maximum absolute atomic E-state index is 12.0. The predicted molar refractivity (Wildman–Crippen MR) is 73.5 cm³/mol. The summed E-state index contributed by atoms with van der Waals surface area (Å²) < 4.78 is 38.6. The van der Waals surface area contributed by atoms with Gasteiger partial charge in [0, 0.05) is 22.1 Å². The average molecular weight is 381 g/mol. The molecular formula is C12H11F3IN3. The zero-order valence-electron chi connectivity index (χ0n) is 9.86. The monoisotopic (exact) mass is 381 g/mol. The molecule has 0 amide bonds. The Morgan fingerprint density at radius 1 is 1.16 bits per heavy atom. The lowest BCUT2D eigenvalue weighted by atomic mass is 10.2. The molecule has 0 saturated carbocycles. The highest BCUT2D eigenvalue weighted by Gasteiger charge is 2.26. The van der Waals surface area contributed by atoms with Crippen molar-refractivity contribution in [3.8, 4) is 11.4 Å². The second kappa shape index (κ2) is 5.89. The van der Waals surface area contributed by atoms with Gasteiger partial charge in [0.25, 0.3) is 0 Å². The van der Waals surface area contributed by atoms with Crippen molar-refractivity contribution < 1.29 is 13.2 Å². The van der Waals surface area contributed by atoms with Crippen molar-refractivity contribution in [2.45, 2.75) is 25.6 Å². The Labute approximate surface area is 122 Å². The number of alkyl halides is 3. The summed E-state index contributed by atoms with van der Waals surface area (Å²) in [5.74, 6) is 0.531. The summed E-state index contributed by atoms with van der Waals surface area (Å²) in [5.41, 5.74) is 0.856. The van der Waals surface area contributed by atoms with Crippen molar-refractivity contribution >= 4 is 22.6 Å². The zero-order valence-corrected chi connectivity index (χ0v) is 12.0. The average Bonchev–Trinajstić information content (AvgIpc) is 2.77. The van der Waals surface area contributed by atoms with E-state index in [9.17, 15) is 13.2 Å². The van der Waals surface area contributed by atoms with E-state index in [1.807, 2.05) is 24.3 Å². The number of hydrogen-bond donors (Lipinski definition) is 0. The first kappa shape index (κ1) is 14.3. The summed E-state index contributed by atoms with van der Waals surface area (Å²) in [6, 6.07) is 7.63. The van der Waals surface area contributed by atoms with Crippen LogP contribution in [0.15, 0.2) is 30.6 Å². The molecule has 0 unspecified atom stereocenters. The number of hydrogen-bond acceptors (Lipinski definition) is 2. The van der Waals surface area contributed by atoms with Crippen molar-refractivity contribution in [1.29, 1.82) is 0 Å². The topological polar surface area (TPSA) is 30.7 Å². The summed E-state index contributed by atoms with van der Waals surface area (Å²) in [7, 11) is 0. The van der Waals surface area contributed by atoms with Gasteiger partial charge in [-0.3, -0.25) is 4.68 Å². The van der Waals surface area contributed by atoms with E-state index in [0.717, 1.165) is 9.13 Å². The smallest absolute Gasteiger partial charge is 0.252 e. The first-order chi connectivity index (χ1) is 8.94. The molecule has 102 valence electrons. The number of nitrogens with zero attached hydrogens (tertiary/aromatic N) is 3. The number of halogens is 4. The second-order valence-electron chi connectivity index (χ2n) is 4.06. The molecule has 0 aliphatic carbocycles. The minimum absolute atomic E-state index is 0.0129. The molecule has 0 bridgehead atoms. The van der Waals surface area contributed by atoms with Crippen LogP contribution in [0.25, 0.3) is 11.4 Å². The molecule has 19 heavy (non-hydrogen) atoms. The lowest BCUT2D eigenvalue weighted by molar-refractivity contribution is -0.136. The Balaban J connectivity index is 1.97. The van der Waals surface area contributed by atoms with E-state index in [-0.39, 0.29) is 13.0 Å². The van der Waals surface area contributed by atoms with Crippen molar-refractivity contribution in [3.63, 3.8) is 0 Å². The van der Waals surface area contributed by atoms with Gasteiger partial charge in [0.2, 0.25) is 0 Å². The maximum atomic E-state index is 12.0. The van der Waals surface area contributed by atoms with Crippen molar-refractivity contribution in [3.05, 3.63) is 34.2 Å². The number of aryl methyl sites for hydroxylation is 1. The predicted octanol–water partition coefficient (Wildman–Crippen LogP) is 3.89. The number of benzene rings is 1. The molecule has 0 aliphatic rings. The molecule has 0 radical (unpaired) electrons. The quantitative estimate of drug-likeness (QED) is 0.753. The standard InChI is InChI=1S/C12H11F3IN3/c13-12(14,15)6-1-7-19-8-17-11(18-19)9-2-4-10(16)5-3-9/h2-5,8H,1,6-7H2. The Kier molecular flexibility index (Phi) is 4.43. The van der Waals surface area contributed by atoms with E-state index in [1.54, 1.807) is 0 Å². The van der Waals surface area contributed by atoms with E-state index in [2.05, 4.69) is 32.7 Å². The van der Waals surface area contributed by atoms with Crippen molar-refractivity contribution in [1.82, 2.24) is 14.8 Å². The molecule has 2 rings (SSSR count). The van der Waals surface area contributed by atoms with Gasteiger partial charge in [0.05, 0.1) is 0 Å². The summed E-state index contributed by atoms with van der Waals surface area (Å²) in [6.07, 6.45) is -3.44. The highest BCUT2D eigenvalue weighted by molar-refractivity contribution is 14.1. The van der Waals surface area contributed by atoms with E-state index in [0.29, 0.717) is 5.82 Å². The van der Waals surface area contributed by atoms with Gasteiger partial charge in [-0.25, -0.2) is 4.98 Å². The first-order valence-electron chi connectivity index (χ1n) is 5.66. The van der Waals surface area contributed by atoms with Crippen LogP contribution < -0.4 is 0 Å². The van der Waals surface area contributed by atoms with E-state index < -0.39 is 12.6 Å². The SMILES string of the molecule is FC(F)(F)CCCn1cnc(-c2ccc(I)cc2)n1. The fourth-order valence-corrected chi connectivity index (χ4v) is 1.93. The number of rotatable bonds is 4. The third-order valence-electron chi connectivity index (χ3n) is 2.49. The van der Waals surface area contributed by atoms with Crippen molar-refractivity contribution in [2.24, 2.45) is 0 Å². The summed E-state index contributed by atoms with van der Waals surface area (Å²) in [6.45, 7) is 0.219. The van der Waals surface area contributed by atoms with Gasteiger partial charge >= 0.3 is 6.18 Å². The third-order valence-corrected chi connectivity index (χ3v) is 3.21. The maximum Gasteiger partial charge on any atom is 0.389 e. The highest BCUT2D eigenvalue weighted by Crippen LogP contribution is 2.22. The third kappa shape index (κ3) is 4.48. The van der Waals surface area contributed by atoms with Gasteiger partial charge in [-0.15, -0.1) is 0 Å². The van der Waals surface area contributed by atoms with E-state index in [4.69, 9.17) is 0 Å². The molecule has 0 atom stereocenters. The number of aromatic nitrogens is 3. The van der Waals surface area contributed by atoms with Crippen LogP contribution in [0.1, 0.15) is 12.8 Å². The Morgan fingerprint density at radius 3 is 2.47 bits per heavy atom. The lowest BCUT2D eigenvalue weighted by Gasteiger charge is -2.05. The molecule has 3 nitrogen and oxygen atoms in total. The molecule has 1 aromatic carbocycles. The fraction of sp³-hybridized carbons (Fsp3) is 0.333. The summed E-state index contributed by atoms with van der Waals surface area (Å²) in [4.78, 5) is 4.10.